The lowest BCUT2D eigenvalue weighted by Gasteiger charge is -2.39. The Hall–Kier alpha value is -1.82. The van der Waals surface area contributed by atoms with Gasteiger partial charge < -0.3 is 10.2 Å². The molecule has 0 saturated carbocycles. The molecule has 1 aromatic rings. The highest BCUT2D eigenvalue weighted by Gasteiger charge is 2.25. The van der Waals surface area contributed by atoms with Gasteiger partial charge in [0.1, 0.15) is 0 Å². The van der Waals surface area contributed by atoms with E-state index in [1.807, 2.05) is 0 Å². The van der Waals surface area contributed by atoms with Crippen LogP contribution in [0.2, 0.25) is 0 Å². The molecule has 1 aliphatic rings. The Morgan fingerprint density at radius 3 is 2.55 bits per heavy atom. The first kappa shape index (κ1) is 14.6. The molecule has 110 valence electrons. The molecular weight excluding hydrogens is 258 g/mol. The quantitative estimate of drug-likeness (QED) is 0.677. The number of nitro benzene ring substituents is 1. The van der Waals surface area contributed by atoms with Crippen molar-refractivity contribution < 1.29 is 9.66 Å². The van der Waals surface area contributed by atoms with Gasteiger partial charge in [0.05, 0.1) is 17.7 Å². The SMILES string of the molecule is COc1cc(NN2C(C)CCCC2C)ccc1[N+](=O)[O-]. The molecular formula is C14H21N3O3. The second kappa shape index (κ2) is 6.09. The van der Waals surface area contributed by atoms with Gasteiger partial charge in [0.15, 0.2) is 5.75 Å². The molecule has 1 fully saturated rings. The number of hydrogen-bond acceptors (Lipinski definition) is 5. The standard InChI is InChI=1S/C14H21N3O3/c1-10-5-4-6-11(2)16(10)15-12-7-8-13(17(18)19)14(9-12)20-3/h7-11,15H,4-6H2,1-3H3. The van der Waals surface area contributed by atoms with E-state index < -0.39 is 4.92 Å². The van der Waals surface area contributed by atoms with E-state index in [-0.39, 0.29) is 11.4 Å². The third-order valence-corrected chi connectivity index (χ3v) is 3.83. The summed E-state index contributed by atoms with van der Waals surface area (Å²) in [5.41, 5.74) is 4.15. The Kier molecular flexibility index (Phi) is 4.44. The third kappa shape index (κ3) is 3.01. The minimum atomic E-state index is -0.436. The van der Waals surface area contributed by atoms with Crippen molar-refractivity contribution in [1.29, 1.82) is 0 Å². The van der Waals surface area contributed by atoms with Crippen LogP contribution in [0.15, 0.2) is 18.2 Å². The summed E-state index contributed by atoms with van der Waals surface area (Å²) in [6.45, 7) is 4.37. The zero-order chi connectivity index (χ0) is 14.7. The van der Waals surface area contributed by atoms with Crippen molar-refractivity contribution in [2.75, 3.05) is 12.5 Å². The first-order chi connectivity index (χ1) is 9.52. The molecule has 1 heterocycles. The predicted molar refractivity (Wildman–Crippen MR) is 77.9 cm³/mol. The van der Waals surface area contributed by atoms with Gasteiger partial charge in [-0.3, -0.25) is 10.1 Å². The molecule has 6 heteroatoms. The molecule has 0 radical (unpaired) electrons. The van der Waals surface area contributed by atoms with Crippen LogP contribution in [0, 0.1) is 10.1 Å². The number of hydrogen-bond donors (Lipinski definition) is 1. The van der Waals surface area contributed by atoms with E-state index in [9.17, 15) is 10.1 Å². The van der Waals surface area contributed by atoms with Crippen molar-refractivity contribution in [2.24, 2.45) is 0 Å². The van der Waals surface area contributed by atoms with Crippen LogP contribution in [-0.2, 0) is 0 Å². The maximum atomic E-state index is 10.9. The van der Waals surface area contributed by atoms with Gasteiger partial charge in [0.25, 0.3) is 0 Å². The fourth-order valence-corrected chi connectivity index (χ4v) is 2.69. The minimum absolute atomic E-state index is 0.0159. The molecule has 0 amide bonds. The number of benzene rings is 1. The summed E-state index contributed by atoms with van der Waals surface area (Å²) in [5.74, 6) is 0.275. The fourth-order valence-electron chi connectivity index (χ4n) is 2.69. The average Bonchev–Trinajstić information content (AvgIpc) is 2.42. The lowest BCUT2D eigenvalue weighted by molar-refractivity contribution is -0.385. The molecule has 0 bridgehead atoms. The Balaban J connectivity index is 2.19. The number of anilines is 1. The van der Waals surface area contributed by atoms with Crippen LogP contribution in [0.4, 0.5) is 11.4 Å². The van der Waals surface area contributed by atoms with Crippen LogP contribution >= 0.6 is 0 Å². The number of ether oxygens (including phenoxy) is 1. The summed E-state index contributed by atoms with van der Waals surface area (Å²) in [6, 6.07) is 5.75. The van der Waals surface area contributed by atoms with Gasteiger partial charge in [-0.2, -0.15) is 0 Å². The average molecular weight is 279 g/mol. The van der Waals surface area contributed by atoms with Gasteiger partial charge in [0.2, 0.25) is 0 Å². The summed E-state index contributed by atoms with van der Waals surface area (Å²) in [7, 11) is 1.44. The summed E-state index contributed by atoms with van der Waals surface area (Å²) in [5, 5.41) is 13.1. The van der Waals surface area contributed by atoms with E-state index in [0.717, 1.165) is 18.5 Å². The van der Waals surface area contributed by atoms with Gasteiger partial charge in [-0.25, -0.2) is 5.01 Å². The van der Waals surface area contributed by atoms with Gasteiger partial charge in [-0.1, -0.05) is 6.42 Å². The highest BCUT2D eigenvalue weighted by atomic mass is 16.6. The van der Waals surface area contributed by atoms with Crippen LogP contribution in [-0.4, -0.2) is 29.1 Å². The molecule has 0 aromatic heterocycles. The molecule has 2 unspecified atom stereocenters. The zero-order valence-corrected chi connectivity index (χ0v) is 12.1. The highest BCUT2D eigenvalue weighted by Crippen LogP contribution is 2.31. The smallest absolute Gasteiger partial charge is 0.311 e. The monoisotopic (exact) mass is 279 g/mol. The Labute approximate surface area is 118 Å². The van der Waals surface area contributed by atoms with Crippen molar-refractivity contribution in [3.05, 3.63) is 28.3 Å². The molecule has 2 rings (SSSR count). The highest BCUT2D eigenvalue weighted by molar-refractivity contribution is 5.57. The predicted octanol–water partition coefficient (Wildman–Crippen LogP) is 3.19. The van der Waals surface area contributed by atoms with E-state index >= 15 is 0 Å². The molecule has 1 N–H and O–H groups in total. The van der Waals surface area contributed by atoms with Gasteiger partial charge >= 0.3 is 5.69 Å². The van der Waals surface area contributed by atoms with Crippen LogP contribution in [0.3, 0.4) is 0 Å². The summed E-state index contributed by atoms with van der Waals surface area (Å²) in [6.07, 6.45) is 3.55. The van der Waals surface area contributed by atoms with Crippen LogP contribution in [0.25, 0.3) is 0 Å². The van der Waals surface area contributed by atoms with E-state index in [1.54, 1.807) is 12.1 Å². The number of methoxy groups -OCH3 is 1. The van der Waals surface area contributed by atoms with Crippen molar-refractivity contribution in [1.82, 2.24) is 5.01 Å². The molecule has 20 heavy (non-hydrogen) atoms. The number of nitro groups is 1. The van der Waals surface area contributed by atoms with Crippen molar-refractivity contribution in [2.45, 2.75) is 45.2 Å². The lowest BCUT2D eigenvalue weighted by atomic mass is 10.00. The molecule has 1 aromatic carbocycles. The van der Waals surface area contributed by atoms with E-state index in [4.69, 9.17) is 4.74 Å². The normalized spacial score (nSPS) is 23.4. The number of nitrogens with zero attached hydrogens (tertiary/aromatic N) is 2. The maximum absolute atomic E-state index is 10.9. The lowest BCUT2D eigenvalue weighted by Crippen LogP contribution is -2.47. The first-order valence-corrected chi connectivity index (χ1v) is 6.90. The molecule has 1 saturated heterocycles. The largest absolute Gasteiger partial charge is 0.490 e. The molecule has 1 aliphatic heterocycles. The number of hydrazine groups is 1. The molecule has 0 spiro atoms. The maximum Gasteiger partial charge on any atom is 0.311 e. The third-order valence-electron chi connectivity index (χ3n) is 3.83. The molecule has 0 aliphatic carbocycles. The second-order valence-corrected chi connectivity index (χ2v) is 5.29. The van der Waals surface area contributed by atoms with Crippen LogP contribution < -0.4 is 10.2 Å². The van der Waals surface area contributed by atoms with Gasteiger partial charge in [-0.05, 0) is 32.8 Å². The molecule has 2 atom stereocenters. The van der Waals surface area contributed by atoms with E-state index in [0.29, 0.717) is 12.1 Å². The van der Waals surface area contributed by atoms with Crippen molar-refractivity contribution >= 4 is 11.4 Å². The van der Waals surface area contributed by atoms with Crippen LogP contribution in [0.5, 0.6) is 5.75 Å². The first-order valence-electron chi connectivity index (χ1n) is 6.90. The van der Waals surface area contributed by atoms with E-state index in [2.05, 4.69) is 24.3 Å². The Bertz CT molecular complexity index is 483. The summed E-state index contributed by atoms with van der Waals surface area (Å²) in [4.78, 5) is 10.4. The number of piperidine rings is 1. The zero-order valence-electron chi connectivity index (χ0n) is 12.1. The number of nitrogens with one attached hydrogen (secondary N) is 1. The summed E-state index contributed by atoms with van der Waals surface area (Å²) >= 11 is 0. The Morgan fingerprint density at radius 1 is 1.35 bits per heavy atom. The summed E-state index contributed by atoms with van der Waals surface area (Å²) < 4.78 is 5.09. The van der Waals surface area contributed by atoms with Crippen molar-refractivity contribution in [3.8, 4) is 5.75 Å². The van der Waals surface area contributed by atoms with Gasteiger partial charge in [-0.15, -0.1) is 0 Å². The van der Waals surface area contributed by atoms with Crippen LogP contribution in [0.1, 0.15) is 33.1 Å². The number of rotatable bonds is 4. The minimum Gasteiger partial charge on any atom is -0.490 e. The molecule has 6 nitrogen and oxygen atoms in total. The fraction of sp³-hybridized carbons (Fsp3) is 0.571. The Morgan fingerprint density at radius 2 is 2.00 bits per heavy atom. The second-order valence-electron chi connectivity index (χ2n) is 5.29. The van der Waals surface area contributed by atoms with Crippen molar-refractivity contribution in [3.63, 3.8) is 0 Å². The van der Waals surface area contributed by atoms with Gasteiger partial charge in [0, 0.05) is 24.2 Å². The van der Waals surface area contributed by atoms with E-state index in [1.165, 1.54) is 19.6 Å². The topological polar surface area (TPSA) is 67.6 Å².